The third-order valence-electron chi connectivity index (χ3n) is 6.35. The zero-order chi connectivity index (χ0) is 18.1. The summed E-state index contributed by atoms with van der Waals surface area (Å²) >= 11 is 0. The lowest BCUT2D eigenvalue weighted by atomic mass is 9.76. The Bertz CT molecular complexity index is 646. The van der Waals surface area contributed by atoms with Gasteiger partial charge in [-0.2, -0.15) is 0 Å². The van der Waals surface area contributed by atoms with Crippen LogP contribution >= 0.6 is 0 Å². The topological polar surface area (TPSA) is 42.0 Å². The molecule has 0 unspecified atom stereocenters. The van der Waals surface area contributed by atoms with Gasteiger partial charge in [0.25, 0.3) is 0 Å². The lowest BCUT2D eigenvalue weighted by molar-refractivity contribution is -0.129. The van der Waals surface area contributed by atoms with Crippen molar-refractivity contribution in [3.63, 3.8) is 0 Å². The van der Waals surface area contributed by atoms with Gasteiger partial charge in [0.1, 0.15) is 11.4 Å². The summed E-state index contributed by atoms with van der Waals surface area (Å²) < 4.78 is 12.1. The van der Waals surface area contributed by atoms with E-state index >= 15 is 0 Å². The van der Waals surface area contributed by atoms with Gasteiger partial charge < -0.3 is 14.4 Å². The fourth-order valence-electron chi connectivity index (χ4n) is 4.73. The molecular formula is C21H30N2O3. The van der Waals surface area contributed by atoms with Crippen LogP contribution < -0.4 is 4.74 Å². The number of para-hydroxylation sites is 1. The number of likely N-dealkylation sites (tertiary alicyclic amines) is 1. The van der Waals surface area contributed by atoms with Crippen LogP contribution in [-0.4, -0.2) is 67.7 Å². The maximum atomic E-state index is 12.4. The second kappa shape index (κ2) is 7.20. The molecule has 5 nitrogen and oxygen atoms in total. The highest BCUT2D eigenvalue weighted by Crippen LogP contribution is 2.46. The number of carbonyl (C=O) groups excluding carboxylic acids is 1. The van der Waals surface area contributed by atoms with Gasteiger partial charge in [0.05, 0.1) is 6.61 Å². The van der Waals surface area contributed by atoms with E-state index in [0.717, 1.165) is 57.7 Å². The van der Waals surface area contributed by atoms with Gasteiger partial charge in [-0.3, -0.25) is 9.69 Å². The molecule has 1 amide bonds. The largest absolute Gasteiger partial charge is 0.487 e. The maximum Gasteiger partial charge on any atom is 0.222 e. The van der Waals surface area contributed by atoms with Crippen molar-refractivity contribution in [1.29, 1.82) is 0 Å². The number of benzene rings is 1. The number of fused-ring (bicyclic) bond motifs is 1. The van der Waals surface area contributed by atoms with Crippen molar-refractivity contribution in [2.45, 2.75) is 49.7 Å². The normalized spacial score (nSPS) is 27.8. The Morgan fingerprint density at radius 1 is 1.27 bits per heavy atom. The summed E-state index contributed by atoms with van der Waals surface area (Å²) in [5, 5.41) is 0. The van der Waals surface area contributed by atoms with Gasteiger partial charge in [0.15, 0.2) is 0 Å². The molecule has 26 heavy (non-hydrogen) atoms. The molecule has 5 heteroatoms. The van der Waals surface area contributed by atoms with Gasteiger partial charge in [0.2, 0.25) is 5.91 Å². The van der Waals surface area contributed by atoms with E-state index in [1.807, 2.05) is 20.2 Å². The Kier molecular flexibility index (Phi) is 4.93. The first-order valence-electron chi connectivity index (χ1n) is 9.86. The van der Waals surface area contributed by atoms with Crippen LogP contribution in [0, 0.1) is 0 Å². The standard InChI is InChI=1S/C21H30N2O3/c1-22(2)20(24)13-16-14-21(26-19-6-4-3-5-18(16)19)8-10-23(11-9-21)17-7-12-25-15-17/h3-6,16-17H,7-15H2,1-2H3/t16-,17-/m0/s1. The van der Waals surface area contributed by atoms with Crippen molar-refractivity contribution >= 4 is 5.91 Å². The highest BCUT2D eigenvalue weighted by molar-refractivity contribution is 5.76. The SMILES string of the molecule is CN(C)C(=O)C[C@H]1CC2(CCN([C@H]3CCOC3)CC2)Oc2ccccc21. The molecule has 1 aromatic carbocycles. The molecule has 0 radical (unpaired) electrons. The molecular weight excluding hydrogens is 328 g/mol. The number of amides is 1. The molecule has 0 bridgehead atoms. The first-order chi connectivity index (χ1) is 12.6. The monoisotopic (exact) mass is 358 g/mol. The summed E-state index contributed by atoms with van der Waals surface area (Å²) in [6.07, 6.45) is 4.72. The van der Waals surface area contributed by atoms with Gasteiger partial charge in [-0.25, -0.2) is 0 Å². The third-order valence-corrected chi connectivity index (χ3v) is 6.35. The molecule has 1 spiro atoms. The van der Waals surface area contributed by atoms with E-state index in [2.05, 4.69) is 23.1 Å². The van der Waals surface area contributed by atoms with E-state index in [1.165, 1.54) is 5.56 Å². The van der Waals surface area contributed by atoms with E-state index in [1.54, 1.807) is 4.90 Å². The van der Waals surface area contributed by atoms with E-state index < -0.39 is 0 Å². The van der Waals surface area contributed by atoms with E-state index in [9.17, 15) is 4.79 Å². The minimum absolute atomic E-state index is 0.123. The first-order valence-corrected chi connectivity index (χ1v) is 9.86. The summed E-state index contributed by atoms with van der Waals surface area (Å²) in [7, 11) is 3.68. The van der Waals surface area contributed by atoms with Gasteiger partial charge in [-0.05, 0) is 37.3 Å². The second-order valence-corrected chi connectivity index (χ2v) is 8.27. The van der Waals surface area contributed by atoms with Gasteiger partial charge in [-0.1, -0.05) is 18.2 Å². The highest BCUT2D eigenvalue weighted by atomic mass is 16.5. The Hall–Kier alpha value is -1.59. The molecule has 2 saturated heterocycles. The van der Waals surface area contributed by atoms with E-state index in [0.29, 0.717) is 12.5 Å². The van der Waals surface area contributed by atoms with Gasteiger partial charge >= 0.3 is 0 Å². The summed E-state index contributed by atoms with van der Waals surface area (Å²) in [5.41, 5.74) is 1.07. The van der Waals surface area contributed by atoms with Crippen LogP contribution in [0.3, 0.4) is 0 Å². The van der Waals surface area contributed by atoms with Crippen molar-refractivity contribution in [3.05, 3.63) is 29.8 Å². The summed E-state index contributed by atoms with van der Waals surface area (Å²) in [6, 6.07) is 8.86. The van der Waals surface area contributed by atoms with Crippen molar-refractivity contribution in [2.24, 2.45) is 0 Å². The van der Waals surface area contributed by atoms with Crippen molar-refractivity contribution in [1.82, 2.24) is 9.80 Å². The van der Waals surface area contributed by atoms with Gasteiger partial charge in [-0.15, -0.1) is 0 Å². The average molecular weight is 358 g/mol. The Balaban J connectivity index is 1.50. The first kappa shape index (κ1) is 17.8. The Morgan fingerprint density at radius 2 is 2.04 bits per heavy atom. The van der Waals surface area contributed by atoms with E-state index in [4.69, 9.17) is 9.47 Å². The van der Waals surface area contributed by atoms with Crippen LogP contribution in [0.4, 0.5) is 0 Å². The summed E-state index contributed by atoms with van der Waals surface area (Å²) in [6.45, 7) is 3.89. The highest BCUT2D eigenvalue weighted by Gasteiger charge is 2.44. The second-order valence-electron chi connectivity index (χ2n) is 8.27. The fourth-order valence-corrected chi connectivity index (χ4v) is 4.73. The molecule has 2 atom stereocenters. The molecule has 0 aliphatic carbocycles. The van der Waals surface area contributed by atoms with Crippen molar-refractivity contribution < 1.29 is 14.3 Å². The average Bonchev–Trinajstić information content (AvgIpc) is 3.17. The molecule has 3 heterocycles. The minimum Gasteiger partial charge on any atom is -0.487 e. The van der Waals surface area contributed by atoms with Crippen LogP contribution in [0.2, 0.25) is 0 Å². The molecule has 142 valence electrons. The molecule has 2 fully saturated rings. The predicted molar refractivity (Wildman–Crippen MR) is 101 cm³/mol. The quantitative estimate of drug-likeness (QED) is 0.833. The van der Waals surface area contributed by atoms with E-state index in [-0.39, 0.29) is 17.4 Å². The van der Waals surface area contributed by atoms with Crippen molar-refractivity contribution in [3.8, 4) is 5.75 Å². The number of hydrogen-bond donors (Lipinski definition) is 0. The van der Waals surface area contributed by atoms with Crippen LogP contribution in [0.15, 0.2) is 24.3 Å². The number of piperidine rings is 1. The summed E-state index contributed by atoms with van der Waals surface area (Å²) in [5.74, 6) is 1.42. The lowest BCUT2D eigenvalue weighted by Crippen LogP contribution is -2.53. The smallest absolute Gasteiger partial charge is 0.222 e. The van der Waals surface area contributed by atoms with Crippen LogP contribution in [0.5, 0.6) is 5.75 Å². The lowest BCUT2D eigenvalue weighted by Gasteiger charge is -2.48. The molecule has 0 saturated carbocycles. The number of rotatable bonds is 3. The molecule has 3 aliphatic heterocycles. The Morgan fingerprint density at radius 3 is 2.73 bits per heavy atom. The number of carbonyl (C=O) groups is 1. The molecule has 0 N–H and O–H groups in total. The molecule has 3 aliphatic rings. The zero-order valence-electron chi connectivity index (χ0n) is 15.9. The van der Waals surface area contributed by atoms with Gasteiger partial charge in [0, 0.05) is 52.2 Å². The maximum absolute atomic E-state index is 12.4. The molecule has 4 rings (SSSR count). The van der Waals surface area contributed by atoms with Crippen LogP contribution in [0.25, 0.3) is 0 Å². The third kappa shape index (κ3) is 3.47. The number of nitrogens with zero attached hydrogens (tertiary/aromatic N) is 2. The number of hydrogen-bond acceptors (Lipinski definition) is 4. The summed E-state index contributed by atoms with van der Waals surface area (Å²) in [4.78, 5) is 16.7. The van der Waals surface area contributed by atoms with Crippen LogP contribution in [-0.2, 0) is 9.53 Å². The predicted octanol–water partition coefficient (Wildman–Crippen LogP) is 2.65. The van der Waals surface area contributed by atoms with Crippen LogP contribution in [0.1, 0.15) is 43.6 Å². The Labute approximate surface area is 156 Å². The molecule has 0 aromatic heterocycles. The number of ether oxygens (including phenoxy) is 2. The van der Waals surface area contributed by atoms with Crippen molar-refractivity contribution in [2.75, 3.05) is 40.4 Å². The fraction of sp³-hybridized carbons (Fsp3) is 0.667. The molecule has 1 aromatic rings. The minimum atomic E-state index is -0.123. The zero-order valence-corrected chi connectivity index (χ0v) is 15.9.